The van der Waals surface area contributed by atoms with Crippen molar-refractivity contribution in [3.05, 3.63) is 18.2 Å². The maximum absolute atomic E-state index is 9.03. The van der Waals surface area contributed by atoms with Crippen molar-refractivity contribution >= 4 is 18.3 Å². The van der Waals surface area contributed by atoms with Gasteiger partial charge in [-0.2, -0.15) is 0 Å². The molecule has 0 saturated carbocycles. The summed E-state index contributed by atoms with van der Waals surface area (Å²) in [6, 6.07) is 5.12. The molecule has 0 aromatic heterocycles. The molecule has 1 rings (SSSR count). The molecule has 0 saturated heterocycles. The third kappa shape index (κ3) is 2.40. The first kappa shape index (κ1) is 10.9. The Bertz CT molecular complexity index is 289. The highest BCUT2D eigenvalue weighted by Crippen LogP contribution is 2.17. The Morgan fingerprint density at radius 2 is 1.86 bits per heavy atom. The van der Waals surface area contributed by atoms with Gasteiger partial charge in [0.2, 0.25) is 0 Å². The first-order valence-electron chi connectivity index (χ1n) is 4.27. The molecule has 0 atom stereocenters. The van der Waals surface area contributed by atoms with Crippen LogP contribution in [0.25, 0.3) is 0 Å². The zero-order chi connectivity index (χ0) is 10.7. The van der Waals surface area contributed by atoms with Crippen LogP contribution in [0.2, 0.25) is 0 Å². The van der Waals surface area contributed by atoms with Crippen molar-refractivity contribution in [1.82, 2.24) is 0 Å². The van der Waals surface area contributed by atoms with Crippen molar-refractivity contribution in [2.45, 2.75) is 0 Å². The number of benzene rings is 1. The summed E-state index contributed by atoms with van der Waals surface area (Å²) < 4.78 is 5.05. The van der Waals surface area contributed by atoms with Crippen molar-refractivity contribution in [3.63, 3.8) is 0 Å². The summed E-state index contributed by atoms with van der Waals surface area (Å²) >= 11 is 0. The average Bonchev–Trinajstić information content (AvgIpc) is 2.16. The second-order valence-electron chi connectivity index (χ2n) is 3.23. The monoisotopic (exact) mass is 195 g/mol. The fourth-order valence-electron chi connectivity index (χ4n) is 1.13. The minimum Gasteiger partial charge on any atom is -0.497 e. The SMILES string of the molecule is COc1cc(B(O)O)cc(N(C)C)c1. The van der Waals surface area contributed by atoms with Crippen LogP contribution < -0.4 is 15.1 Å². The van der Waals surface area contributed by atoms with Crippen LogP contribution in [0.15, 0.2) is 18.2 Å². The highest BCUT2D eigenvalue weighted by molar-refractivity contribution is 6.58. The number of rotatable bonds is 3. The van der Waals surface area contributed by atoms with Gasteiger partial charge in [-0.05, 0) is 17.6 Å². The molecule has 0 amide bonds. The van der Waals surface area contributed by atoms with Gasteiger partial charge >= 0.3 is 7.12 Å². The third-order valence-electron chi connectivity index (χ3n) is 1.96. The van der Waals surface area contributed by atoms with Crippen LogP contribution in [0, 0.1) is 0 Å². The highest BCUT2D eigenvalue weighted by atomic mass is 16.5. The molecule has 0 aliphatic carbocycles. The van der Waals surface area contributed by atoms with Crippen molar-refractivity contribution in [3.8, 4) is 5.75 Å². The van der Waals surface area contributed by atoms with Gasteiger partial charge in [-0.1, -0.05) is 0 Å². The number of methoxy groups -OCH3 is 1. The average molecular weight is 195 g/mol. The zero-order valence-electron chi connectivity index (χ0n) is 8.56. The lowest BCUT2D eigenvalue weighted by molar-refractivity contribution is 0.412. The van der Waals surface area contributed by atoms with E-state index < -0.39 is 7.12 Å². The number of hydrogen-bond donors (Lipinski definition) is 2. The van der Waals surface area contributed by atoms with Crippen molar-refractivity contribution < 1.29 is 14.8 Å². The van der Waals surface area contributed by atoms with Gasteiger partial charge in [-0.25, -0.2) is 0 Å². The molecule has 0 fully saturated rings. The molecule has 0 bridgehead atoms. The van der Waals surface area contributed by atoms with Gasteiger partial charge in [0.25, 0.3) is 0 Å². The summed E-state index contributed by atoms with van der Waals surface area (Å²) in [5.41, 5.74) is 1.29. The van der Waals surface area contributed by atoms with Crippen LogP contribution in [0.1, 0.15) is 0 Å². The van der Waals surface area contributed by atoms with E-state index in [1.165, 1.54) is 0 Å². The standard InChI is InChI=1S/C9H14BNO3/c1-11(2)8-4-7(10(12)13)5-9(6-8)14-3/h4-6,12-13H,1-3H3. The molecule has 0 aliphatic rings. The minimum absolute atomic E-state index is 0.424. The summed E-state index contributed by atoms with van der Waals surface area (Å²) in [6.07, 6.45) is 0. The van der Waals surface area contributed by atoms with Gasteiger partial charge in [0.05, 0.1) is 7.11 Å². The first-order valence-corrected chi connectivity index (χ1v) is 4.27. The minimum atomic E-state index is -1.47. The van der Waals surface area contributed by atoms with Gasteiger partial charge < -0.3 is 19.7 Å². The lowest BCUT2D eigenvalue weighted by Crippen LogP contribution is -2.30. The van der Waals surface area contributed by atoms with E-state index in [1.54, 1.807) is 19.2 Å². The molecule has 0 spiro atoms. The van der Waals surface area contributed by atoms with Crippen LogP contribution in [0.5, 0.6) is 5.75 Å². The topological polar surface area (TPSA) is 52.9 Å². The molecule has 1 aromatic carbocycles. The molecule has 0 radical (unpaired) electrons. The quantitative estimate of drug-likeness (QED) is 0.635. The molecular weight excluding hydrogens is 181 g/mol. The maximum Gasteiger partial charge on any atom is 0.488 e. The summed E-state index contributed by atoms with van der Waals surface area (Å²) in [5.74, 6) is 0.610. The van der Waals surface area contributed by atoms with Crippen LogP contribution in [0.3, 0.4) is 0 Å². The molecule has 14 heavy (non-hydrogen) atoms. The summed E-state index contributed by atoms with van der Waals surface area (Å²) in [7, 11) is 3.83. The highest BCUT2D eigenvalue weighted by Gasteiger charge is 2.13. The van der Waals surface area contributed by atoms with Gasteiger partial charge in [-0.3, -0.25) is 0 Å². The van der Waals surface area contributed by atoms with E-state index in [0.29, 0.717) is 11.2 Å². The largest absolute Gasteiger partial charge is 0.497 e. The van der Waals surface area contributed by atoms with E-state index in [0.717, 1.165) is 5.69 Å². The predicted molar refractivity (Wildman–Crippen MR) is 57.1 cm³/mol. The number of anilines is 1. The molecule has 0 heterocycles. The molecule has 1 aromatic rings. The molecule has 76 valence electrons. The van der Waals surface area contributed by atoms with E-state index in [2.05, 4.69) is 0 Å². The Balaban J connectivity index is 3.13. The Hall–Kier alpha value is -1.20. The van der Waals surface area contributed by atoms with Gasteiger partial charge in [0.1, 0.15) is 5.75 Å². The maximum atomic E-state index is 9.03. The molecule has 0 unspecified atom stereocenters. The van der Waals surface area contributed by atoms with E-state index >= 15 is 0 Å². The Morgan fingerprint density at radius 1 is 1.21 bits per heavy atom. The van der Waals surface area contributed by atoms with E-state index in [-0.39, 0.29) is 0 Å². The number of ether oxygens (including phenoxy) is 1. The second kappa shape index (κ2) is 4.35. The lowest BCUT2D eigenvalue weighted by atomic mass is 9.80. The summed E-state index contributed by atoms with van der Waals surface area (Å²) in [6.45, 7) is 0. The van der Waals surface area contributed by atoms with Crippen LogP contribution >= 0.6 is 0 Å². The Labute approximate surface area is 83.9 Å². The zero-order valence-corrected chi connectivity index (χ0v) is 8.56. The molecular formula is C9H14BNO3. The fraction of sp³-hybridized carbons (Fsp3) is 0.333. The molecule has 0 aliphatic heterocycles. The smallest absolute Gasteiger partial charge is 0.488 e. The molecule has 2 N–H and O–H groups in total. The first-order chi connectivity index (χ1) is 6.54. The number of hydrogen-bond acceptors (Lipinski definition) is 4. The Morgan fingerprint density at radius 3 is 2.29 bits per heavy atom. The van der Waals surface area contributed by atoms with Crippen LogP contribution in [-0.2, 0) is 0 Å². The predicted octanol–water partition coefficient (Wildman–Crippen LogP) is -0.559. The van der Waals surface area contributed by atoms with E-state index in [1.807, 2.05) is 25.1 Å². The van der Waals surface area contributed by atoms with Gasteiger partial charge in [0, 0.05) is 25.8 Å². The normalized spacial score (nSPS) is 9.79. The van der Waals surface area contributed by atoms with E-state index in [9.17, 15) is 0 Å². The fourth-order valence-corrected chi connectivity index (χ4v) is 1.13. The van der Waals surface area contributed by atoms with Crippen LogP contribution in [-0.4, -0.2) is 38.4 Å². The van der Waals surface area contributed by atoms with Crippen LogP contribution in [0.4, 0.5) is 5.69 Å². The second-order valence-corrected chi connectivity index (χ2v) is 3.23. The summed E-state index contributed by atoms with van der Waals surface area (Å²) in [4.78, 5) is 1.87. The van der Waals surface area contributed by atoms with Crippen molar-refractivity contribution in [2.24, 2.45) is 0 Å². The van der Waals surface area contributed by atoms with Gasteiger partial charge in [0.15, 0.2) is 0 Å². The Kier molecular flexibility index (Phi) is 3.38. The number of nitrogens with zero attached hydrogens (tertiary/aromatic N) is 1. The lowest BCUT2D eigenvalue weighted by Gasteiger charge is -2.15. The van der Waals surface area contributed by atoms with Gasteiger partial charge in [-0.15, -0.1) is 0 Å². The molecule has 4 nitrogen and oxygen atoms in total. The summed E-state index contributed by atoms with van der Waals surface area (Å²) in [5, 5.41) is 18.1. The van der Waals surface area contributed by atoms with Crippen molar-refractivity contribution in [2.75, 3.05) is 26.1 Å². The van der Waals surface area contributed by atoms with Crippen molar-refractivity contribution in [1.29, 1.82) is 0 Å². The third-order valence-corrected chi connectivity index (χ3v) is 1.96. The van der Waals surface area contributed by atoms with E-state index in [4.69, 9.17) is 14.8 Å². The molecule has 5 heteroatoms.